The van der Waals surface area contributed by atoms with Gasteiger partial charge in [0.1, 0.15) is 5.75 Å². The first-order valence-electron chi connectivity index (χ1n) is 9.05. The summed E-state index contributed by atoms with van der Waals surface area (Å²) in [6, 6.07) is 20.7. The van der Waals surface area contributed by atoms with Crippen molar-refractivity contribution in [3.8, 4) is 17.2 Å². The predicted molar refractivity (Wildman–Crippen MR) is 126 cm³/mol. The molecule has 158 valence electrons. The van der Waals surface area contributed by atoms with E-state index in [9.17, 15) is 8.42 Å². The molecule has 0 unspecified atom stereocenters. The van der Waals surface area contributed by atoms with E-state index in [0.29, 0.717) is 17.0 Å². The van der Waals surface area contributed by atoms with E-state index in [4.69, 9.17) is 9.15 Å². The summed E-state index contributed by atoms with van der Waals surface area (Å²) in [4.78, 5) is 4.46. The summed E-state index contributed by atoms with van der Waals surface area (Å²) in [7, 11) is -2.39. The third-order valence-electron chi connectivity index (χ3n) is 4.39. The molecule has 31 heavy (non-hydrogen) atoms. The van der Waals surface area contributed by atoms with Crippen LogP contribution in [0.4, 0.5) is 11.6 Å². The Labute approximate surface area is 196 Å². The topological polar surface area (TPSA) is 81.4 Å². The average Bonchev–Trinajstić information content (AvgIpc) is 3.19. The fourth-order valence-corrected chi connectivity index (χ4v) is 4.63. The number of rotatable bonds is 6. The van der Waals surface area contributed by atoms with Crippen LogP contribution < -0.4 is 10.1 Å². The zero-order chi connectivity index (χ0) is 22.0. The summed E-state index contributed by atoms with van der Waals surface area (Å²) >= 11 is 6.71. The minimum Gasteiger partial charge on any atom is -0.497 e. The van der Waals surface area contributed by atoms with E-state index in [1.807, 2.05) is 12.1 Å². The van der Waals surface area contributed by atoms with E-state index >= 15 is 0 Å². The van der Waals surface area contributed by atoms with Crippen LogP contribution in [-0.2, 0) is 9.84 Å². The monoisotopic (exact) mass is 562 g/mol. The lowest BCUT2D eigenvalue weighted by Gasteiger charge is -2.07. The van der Waals surface area contributed by atoms with E-state index in [1.54, 1.807) is 55.6 Å². The molecule has 4 rings (SSSR count). The van der Waals surface area contributed by atoms with Gasteiger partial charge < -0.3 is 14.5 Å². The quantitative estimate of drug-likeness (QED) is 0.290. The number of sulfone groups is 1. The first-order valence-corrected chi connectivity index (χ1v) is 12.1. The maximum absolute atomic E-state index is 13.4. The number of halogens is 2. The van der Waals surface area contributed by atoms with Crippen molar-refractivity contribution in [1.82, 2.24) is 4.98 Å². The third-order valence-corrected chi connectivity index (χ3v) is 7.13. The van der Waals surface area contributed by atoms with Crippen LogP contribution in [0.3, 0.4) is 0 Å². The maximum Gasteiger partial charge on any atom is 0.238 e. The molecule has 0 spiro atoms. The van der Waals surface area contributed by atoms with Crippen LogP contribution >= 0.6 is 31.9 Å². The molecule has 0 atom stereocenters. The lowest BCUT2D eigenvalue weighted by atomic mass is 10.2. The molecule has 0 bridgehead atoms. The Morgan fingerprint density at radius 2 is 1.58 bits per heavy atom. The lowest BCUT2D eigenvalue weighted by Crippen LogP contribution is -2.05. The second kappa shape index (κ2) is 8.86. The van der Waals surface area contributed by atoms with Gasteiger partial charge in [0.25, 0.3) is 0 Å². The number of nitrogens with one attached hydrogen (secondary N) is 1. The zero-order valence-electron chi connectivity index (χ0n) is 16.2. The molecule has 0 radical (unpaired) electrons. The van der Waals surface area contributed by atoms with Gasteiger partial charge in [0.15, 0.2) is 0 Å². The van der Waals surface area contributed by atoms with Gasteiger partial charge in [-0.2, -0.15) is 4.98 Å². The van der Waals surface area contributed by atoms with Crippen LogP contribution in [0.15, 0.2) is 96.1 Å². The fourth-order valence-electron chi connectivity index (χ4n) is 2.84. The molecular weight excluding hydrogens is 548 g/mol. The molecule has 3 aromatic carbocycles. The van der Waals surface area contributed by atoms with Gasteiger partial charge >= 0.3 is 0 Å². The van der Waals surface area contributed by atoms with Gasteiger partial charge in [0, 0.05) is 26.3 Å². The molecule has 0 aliphatic carbocycles. The number of nitrogens with zero attached hydrogens (tertiary/aromatic N) is 1. The fraction of sp³-hybridized carbons (Fsp3) is 0.0455. The Balaban J connectivity index is 1.83. The highest BCUT2D eigenvalue weighted by Crippen LogP contribution is 2.35. The lowest BCUT2D eigenvalue weighted by molar-refractivity contribution is 0.415. The summed E-state index contributed by atoms with van der Waals surface area (Å²) in [6.07, 6.45) is 0. The Bertz CT molecular complexity index is 1320. The maximum atomic E-state index is 13.4. The van der Waals surface area contributed by atoms with Gasteiger partial charge in [-0.15, -0.1) is 0 Å². The zero-order valence-corrected chi connectivity index (χ0v) is 20.2. The Morgan fingerprint density at radius 3 is 2.23 bits per heavy atom. The standard InChI is InChI=1S/C22H16Br2N2O4S/c1-29-18-4-2-3-17(13-18)25-21-22(31(27,28)19-11-9-16(24)10-12-19)26-20(30-21)14-5-7-15(23)8-6-14/h2-13,25H,1H3. The number of oxazole rings is 1. The van der Waals surface area contributed by atoms with Crippen LogP contribution in [0.5, 0.6) is 5.75 Å². The molecular formula is C22H16Br2N2O4S. The van der Waals surface area contributed by atoms with Gasteiger partial charge in [-0.1, -0.05) is 37.9 Å². The van der Waals surface area contributed by atoms with Crippen molar-refractivity contribution in [2.45, 2.75) is 9.92 Å². The highest BCUT2D eigenvalue weighted by molar-refractivity contribution is 9.10. The second-order valence-electron chi connectivity index (χ2n) is 6.47. The van der Waals surface area contributed by atoms with Gasteiger partial charge in [-0.05, 0) is 60.7 Å². The van der Waals surface area contributed by atoms with E-state index < -0.39 is 9.84 Å². The third kappa shape index (κ3) is 4.68. The van der Waals surface area contributed by atoms with E-state index in [-0.39, 0.29) is 21.7 Å². The number of aromatic nitrogens is 1. The van der Waals surface area contributed by atoms with E-state index in [1.165, 1.54) is 12.1 Å². The smallest absolute Gasteiger partial charge is 0.238 e. The molecule has 4 aromatic rings. The van der Waals surface area contributed by atoms with Crippen molar-refractivity contribution in [3.05, 3.63) is 81.7 Å². The van der Waals surface area contributed by atoms with E-state index in [0.717, 1.165) is 8.95 Å². The molecule has 6 nitrogen and oxygen atoms in total. The number of methoxy groups -OCH3 is 1. The van der Waals surface area contributed by atoms with Crippen LogP contribution in [-0.4, -0.2) is 20.5 Å². The van der Waals surface area contributed by atoms with Crippen molar-refractivity contribution in [2.75, 3.05) is 12.4 Å². The number of ether oxygens (including phenoxy) is 1. The number of anilines is 2. The summed E-state index contributed by atoms with van der Waals surface area (Å²) in [5, 5.41) is 2.83. The largest absolute Gasteiger partial charge is 0.497 e. The number of benzene rings is 3. The summed E-state index contributed by atoms with van der Waals surface area (Å²) in [6.45, 7) is 0. The molecule has 1 heterocycles. The number of hydrogen-bond donors (Lipinski definition) is 1. The predicted octanol–water partition coefficient (Wildman–Crippen LogP) is 6.45. The molecule has 9 heteroatoms. The van der Waals surface area contributed by atoms with E-state index in [2.05, 4.69) is 42.2 Å². The SMILES string of the molecule is COc1cccc(Nc2oc(-c3ccc(Br)cc3)nc2S(=O)(=O)c2ccc(Br)cc2)c1. The van der Waals surface area contributed by atoms with Crippen molar-refractivity contribution < 1.29 is 17.6 Å². The Morgan fingerprint density at radius 1 is 0.935 bits per heavy atom. The first kappa shape index (κ1) is 21.6. The normalized spacial score (nSPS) is 11.3. The van der Waals surface area contributed by atoms with Crippen molar-refractivity contribution in [1.29, 1.82) is 0 Å². The second-order valence-corrected chi connectivity index (χ2v) is 10.2. The highest BCUT2D eigenvalue weighted by atomic mass is 79.9. The van der Waals surface area contributed by atoms with Crippen LogP contribution in [0.2, 0.25) is 0 Å². The van der Waals surface area contributed by atoms with Crippen LogP contribution in [0.25, 0.3) is 11.5 Å². The molecule has 0 aliphatic heterocycles. The van der Waals surface area contributed by atoms with Gasteiger partial charge in [-0.3, -0.25) is 0 Å². The molecule has 0 aliphatic rings. The van der Waals surface area contributed by atoms with Crippen molar-refractivity contribution in [3.63, 3.8) is 0 Å². The number of hydrogen-bond acceptors (Lipinski definition) is 6. The molecule has 0 saturated carbocycles. The highest BCUT2D eigenvalue weighted by Gasteiger charge is 2.29. The molecule has 0 amide bonds. The molecule has 1 aromatic heterocycles. The van der Waals surface area contributed by atoms with Gasteiger partial charge in [0.2, 0.25) is 26.6 Å². The van der Waals surface area contributed by atoms with Gasteiger partial charge in [0.05, 0.1) is 12.0 Å². The Kier molecular flexibility index (Phi) is 6.17. The minimum atomic E-state index is -3.95. The van der Waals surface area contributed by atoms with Crippen LogP contribution in [0.1, 0.15) is 0 Å². The molecule has 0 fully saturated rings. The molecule has 0 saturated heterocycles. The summed E-state index contributed by atoms with van der Waals surface area (Å²) < 4.78 is 39.5. The van der Waals surface area contributed by atoms with Crippen LogP contribution in [0, 0.1) is 0 Å². The summed E-state index contributed by atoms with van der Waals surface area (Å²) in [5.41, 5.74) is 1.25. The van der Waals surface area contributed by atoms with Gasteiger partial charge in [-0.25, -0.2) is 8.42 Å². The first-order chi connectivity index (χ1) is 14.9. The summed E-state index contributed by atoms with van der Waals surface area (Å²) in [5.74, 6) is 0.831. The van der Waals surface area contributed by atoms with Crippen molar-refractivity contribution >= 4 is 53.3 Å². The average molecular weight is 564 g/mol. The minimum absolute atomic E-state index is 0.0223. The molecule has 1 N–H and O–H groups in total. The Hall–Kier alpha value is -2.62. The van der Waals surface area contributed by atoms with Crippen molar-refractivity contribution in [2.24, 2.45) is 0 Å².